The van der Waals surface area contributed by atoms with Crippen molar-refractivity contribution in [2.75, 3.05) is 29.1 Å². The highest BCUT2D eigenvalue weighted by Gasteiger charge is 2.36. The quantitative estimate of drug-likeness (QED) is 0.406. The highest BCUT2D eigenvalue weighted by atomic mass is 35.5. The second-order valence-corrected chi connectivity index (χ2v) is 10.9. The summed E-state index contributed by atoms with van der Waals surface area (Å²) in [5.41, 5.74) is 2.50. The summed E-state index contributed by atoms with van der Waals surface area (Å²) in [5, 5.41) is 5.45. The number of imide groups is 1. The minimum Gasteiger partial charge on any atom is -0.444 e. The highest BCUT2D eigenvalue weighted by molar-refractivity contribution is 6.33. The molecule has 4 amide bonds. The molecule has 0 bridgehead atoms. The molecule has 0 atom stereocenters. The second kappa shape index (κ2) is 9.46. The van der Waals surface area contributed by atoms with Crippen molar-refractivity contribution in [2.24, 2.45) is 0 Å². The van der Waals surface area contributed by atoms with Crippen molar-refractivity contribution in [2.45, 2.75) is 51.7 Å². The fourth-order valence-corrected chi connectivity index (χ4v) is 4.43. The van der Waals surface area contributed by atoms with Crippen molar-refractivity contribution in [1.29, 1.82) is 0 Å². The Morgan fingerprint density at radius 3 is 2.58 bits per heavy atom. The summed E-state index contributed by atoms with van der Waals surface area (Å²) in [7, 11) is 1.46. The van der Waals surface area contributed by atoms with Crippen LogP contribution >= 0.6 is 11.6 Å². The SMILES string of the molecule is CN1C(=O)CN(c2cc(C3CC3)cn3cc(CNc4cc(NC(=O)OC(C)(C)C)cc(F)c4Cl)nc23)C1=O. The van der Waals surface area contributed by atoms with Gasteiger partial charge in [-0.15, -0.1) is 0 Å². The topological polar surface area (TPSA) is 108 Å². The van der Waals surface area contributed by atoms with Gasteiger partial charge in [0.15, 0.2) is 5.65 Å². The average molecular weight is 543 g/mol. The number of carbonyl (C=O) groups is 3. The summed E-state index contributed by atoms with van der Waals surface area (Å²) >= 11 is 6.18. The maximum Gasteiger partial charge on any atom is 0.412 e. The Balaban J connectivity index is 1.40. The van der Waals surface area contributed by atoms with Gasteiger partial charge in [-0.25, -0.2) is 19.0 Å². The van der Waals surface area contributed by atoms with E-state index in [9.17, 15) is 18.8 Å². The molecule has 1 aliphatic heterocycles. The number of imidazole rings is 1. The fourth-order valence-electron chi connectivity index (χ4n) is 4.26. The number of hydrogen-bond acceptors (Lipinski definition) is 6. The molecule has 1 aromatic carbocycles. The number of rotatable bonds is 6. The van der Waals surface area contributed by atoms with Crippen LogP contribution in [0.3, 0.4) is 0 Å². The molecule has 12 heteroatoms. The van der Waals surface area contributed by atoms with Gasteiger partial charge in [0.25, 0.3) is 0 Å². The molecule has 10 nitrogen and oxygen atoms in total. The Morgan fingerprint density at radius 1 is 1.21 bits per heavy atom. The molecule has 2 fully saturated rings. The van der Waals surface area contributed by atoms with Crippen LogP contribution < -0.4 is 15.5 Å². The van der Waals surface area contributed by atoms with Gasteiger partial charge in [-0.05, 0) is 63.3 Å². The number of urea groups is 1. The first kappa shape index (κ1) is 25.8. The van der Waals surface area contributed by atoms with Gasteiger partial charge >= 0.3 is 12.1 Å². The van der Waals surface area contributed by atoms with E-state index in [2.05, 4.69) is 10.6 Å². The molecular formula is C26H28ClFN6O4. The minimum absolute atomic E-state index is 0.0497. The third kappa shape index (κ3) is 5.24. The predicted octanol–water partition coefficient (Wildman–Crippen LogP) is 5.36. The number of anilines is 3. The Labute approximate surface area is 223 Å². The van der Waals surface area contributed by atoms with Gasteiger partial charge in [0.2, 0.25) is 5.91 Å². The van der Waals surface area contributed by atoms with Crippen LogP contribution in [-0.4, -0.2) is 51.5 Å². The molecule has 2 N–H and O–H groups in total. The highest BCUT2D eigenvalue weighted by Crippen LogP contribution is 2.42. The van der Waals surface area contributed by atoms with Crippen molar-refractivity contribution in [3.63, 3.8) is 0 Å². The number of benzene rings is 1. The van der Waals surface area contributed by atoms with Gasteiger partial charge in [-0.3, -0.25) is 19.9 Å². The van der Waals surface area contributed by atoms with Gasteiger partial charge in [0, 0.05) is 25.1 Å². The molecule has 200 valence electrons. The van der Waals surface area contributed by atoms with Crippen molar-refractivity contribution in [3.05, 3.63) is 52.7 Å². The van der Waals surface area contributed by atoms with Gasteiger partial charge in [0.05, 0.1) is 28.6 Å². The van der Waals surface area contributed by atoms with Gasteiger partial charge in [0.1, 0.15) is 18.0 Å². The first-order valence-electron chi connectivity index (χ1n) is 12.2. The van der Waals surface area contributed by atoms with Crippen LogP contribution in [0.4, 0.5) is 31.0 Å². The number of ether oxygens (including phenoxy) is 1. The molecule has 0 unspecified atom stereocenters. The molecule has 0 spiro atoms. The Morgan fingerprint density at radius 2 is 1.95 bits per heavy atom. The molecule has 5 rings (SSSR count). The van der Waals surface area contributed by atoms with E-state index in [0.717, 1.165) is 29.4 Å². The Hall–Kier alpha value is -3.86. The molecule has 1 aliphatic carbocycles. The molecule has 2 aliphatic rings. The van der Waals surface area contributed by atoms with Crippen molar-refractivity contribution in [3.8, 4) is 0 Å². The lowest BCUT2D eigenvalue weighted by molar-refractivity contribution is -0.123. The van der Waals surface area contributed by atoms with Crippen LogP contribution in [-0.2, 0) is 16.1 Å². The zero-order valence-corrected chi connectivity index (χ0v) is 22.2. The monoisotopic (exact) mass is 542 g/mol. The lowest BCUT2D eigenvalue weighted by Crippen LogP contribution is -2.30. The number of likely N-dealkylation sites (N-methyl/N-ethyl adjacent to an activating group) is 1. The summed E-state index contributed by atoms with van der Waals surface area (Å²) in [6.07, 6.45) is 5.22. The number of pyridine rings is 1. The normalized spacial score (nSPS) is 15.9. The largest absolute Gasteiger partial charge is 0.444 e. The lowest BCUT2D eigenvalue weighted by atomic mass is 10.1. The van der Waals surface area contributed by atoms with E-state index in [-0.39, 0.29) is 35.4 Å². The molecule has 3 aromatic rings. The summed E-state index contributed by atoms with van der Waals surface area (Å²) in [4.78, 5) is 44.2. The number of amides is 4. The fraction of sp³-hybridized carbons (Fsp3) is 0.385. The van der Waals surface area contributed by atoms with Crippen molar-refractivity contribution in [1.82, 2.24) is 14.3 Å². The van der Waals surface area contributed by atoms with Crippen LogP contribution in [0.15, 0.2) is 30.6 Å². The van der Waals surface area contributed by atoms with Crippen LogP contribution in [0.25, 0.3) is 5.65 Å². The number of nitrogens with zero attached hydrogens (tertiary/aromatic N) is 4. The van der Waals surface area contributed by atoms with Crippen LogP contribution in [0.5, 0.6) is 0 Å². The van der Waals surface area contributed by atoms with E-state index < -0.39 is 23.5 Å². The summed E-state index contributed by atoms with van der Waals surface area (Å²) in [6.45, 7) is 5.32. The van der Waals surface area contributed by atoms with E-state index in [1.165, 1.54) is 18.0 Å². The smallest absolute Gasteiger partial charge is 0.412 e. The van der Waals surface area contributed by atoms with E-state index in [0.29, 0.717) is 22.9 Å². The van der Waals surface area contributed by atoms with E-state index in [4.69, 9.17) is 21.3 Å². The average Bonchev–Trinajstić information content (AvgIpc) is 3.55. The number of nitrogens with one attached hydrogen (secondary N) is 2. The number of halogens is 2. The number of fused-ring (bicyclic) bond motifs is 1. The summed E-state index contributed by atoms with van der Waals surface area (Å²) in [6, 6.07) is 4.15. The number of aromatic nitrogens is 2. The van der Waals surface area contributed by atoms with Crippen LogP contribution in [0.2, 0.25) is 5.02 Å². The number of hydrogen-bond donors (Lipinski definition) is 2. The summed E-state index contributed by atoms with van der Waals surface area (Å²) < 4.78 is 21.6. The zero-order chi connectivity index (χ0) is 27.4. The third-order valence-electron chi connectivity index (χ3n) is 6.26. The van der Waals surface area contributed by atoms with Crippen molar-refractivity contribution < 1.29 is 23.5 Å². The van der Waals surface area contributed by atoms with Gasteiger partial charge in [-0.2, -0.15) is 0 Å². The standard InChI is InChI=1S/C26H28ClFN6O4/c1-26(2,3)38-24(36)31-16-8-18(28)22(27)19(9-16)29-10-17-12-33-11-15(14-5-6-14)7-20(23(33)30-17)34-13-21(35)32(4)25(34)37/h7-9,11-12,14,29H,5-6,10,13H2,1-4H3,(H,31,36). The Bertz CT molecular complexity index is 1460. The third-order valence-corrected chi connectivity index (χ3v) is 6.65. The molecule has 38 heavy (non-hydrogen) atoms. The number of carbonyl (C=O) groups excluding carboxylic acids is 3. The molecule has 3 heterocycles. The van der Waals surface area contributed by atoms with E-state index in [1.54, 1.807) is 20.8 Å². The molecule has 1 saturated heterocycles. The molecule has 2 aromatic heterocycles. The summed E-state index contributed by atoms with van der Waals surface area (Å²) in [5.74, 6) is -0.583. The van der Waals surface area contributed by atoms with Crippen LogP contribution in [0, 0.1) is 5.82 Å². The van der Waals surface area contributed by atoms with Gasteiger partial charge < -0.3 is 14.5 Å². The molecule has 1 saturated carbocycles. The first-order chi connectivity index (χ1) is 17.9. The van der Waals surface area contributed by atoms with E-state index >= 15 is 0 Å². The second-order valence-electron chi connectivity index (χ2n) is 10.5. The molecule has 0 radical (unpaired) electrons. The molecular weight excluding hydrogens is 515 g/mol. The van der Waals surface area contributed by atoms with E-state index in [1.807, 2.05) is 22.9 Å². The maximum absolute atomic E-state index is 14.5. The van der Waals surface area contributed by atoms with Gasteiger partial charge in [-0.1, -0.05) is 11.6 Å². The minimum atomic E-state index is -0.717. The lowest BCUT2D eigenvalue weighted by Gasteiger charge is -2.20. The van der Waals surface area contributed by atoms with Crippen molar-refractivity contribution >= 4 is 52.3 Å². The maximum atomic E-state index is 14.5. The predicted molar refractivity (Wildman–Crippen MR) is 141 cm³/mol. The Kier molecular flexibility index (Phi) is 6.42. The zero-order valence-electron chi connectivity index (χ0n) is 21.5. The van der Waals surface area contributed by atoms with Crippen LogP contribution in [0.1, 0.15) is 50.8 Å². The first-order valence-corrected chi connectivity index (χ1v) is 12.6.